The van der Waals surface area contributed by atoms with E-state index in [1.54, 1.807) is 42.7 Å². The van der Waals surface area contributed by atoms with Gasteiger partial charge in [0.15, 0.2) is 0 Å². The number of amides is 1. The largest absolute Gasteiger partial charge is 0.507 e. The SMILES string of the molecule is CCCCN1C(=O)C(=O)/C(=C(\O)c2cccc(OCC(C)C)c2)C1c1cccnc1. The average molecular weight is 408 g/mol. The molecule has 30 heavy (non-hydrogen) atoms. The Balaban J connectivity index is 2.06. The van der Waals surface area contributed by atoms with Gasteiger partial charge in [-0.15, -0.1) is 0 Å². The lowest BCUT2D eigenvalue weighted by atomic mass is 9.96. The van der Waals surface area contributed by atoms with Crippen LogP contribution >= 0.6 is 0 Å². The van der Waals surface area contributed by atoms with Gasteiger partial charge in [0.2, 0.25) is 0 Å². The third kappa shape index (κ3) is 4.53. The maximum Gasteiger partial charge on any atom is 0.295 e. The summed E-state index contributed by atoms with van der Waals surface area (Å²) in [6, 6.07) is 9.88. The summed E-state index contributed by atoms with van der Waals surface area (Å²) in [6.07, 6.45) is 4.92. The van der Waals surface area contributed by atoms with E-state index in [-0.39, 0.29) is 11.3 Å². The monoisotopic (exact) mass is 408 g/mol. The molecule has 1 amide bonds. The Hall–Kier alpha value is -3.15. The van der Waals surface area contributed by atoms with Crippen LogP contribution in [0.4, 0.5) is 0 Å². The number of hydrogen-bond acceptors (Lipinski definition) is 5. The smallest absolute Gasteiger partial charge is 0.295 e. The molecule has 0 bridgehead atoms. The molecule has 0 radical (unpaired) electrons. The van der Waals surface area contributed by atoms with Gasteiger partial charge in [-0.2, -0.15) is 0 Å². The van der Waals surface area contributed by atoms with Crippen LogP contribution in [0.3, 0.4) is 0 Å². The molecule has 1 aromatic carbocycles. The van der Waals surface area contributed by atoms with Crippen LogP contribution in [0.1, 0.15) is 50.8 Å². The van der Waals surface area contributed by atoms with E-state index in [1.807, 2.05) is 13.0 Å². The minimum Gasteiger partial charge on any atom is -0.507 e. The van der Waals surface area contributed by atoms with Crippen molar-refractivity contribution in [3.05, 3.63) is 65.5 Å². The maximum atomic E-state index is 12.9. The van der Waals surface area contributed by atoms with Crippen LogP contribution in [0, 0.1) is 5.92 Å². The number of ketones is 1. The molecule has 0 spiro atoms. The number of nitrogens with zero attached hydrogens (tertiary/aromatic N) is 2. The first-order valence-corrected chi connectivity index (χ1v) is 10.4. The van der Waals surface area contributed by atoms with Crippen LogP contribution in [0.2, 0.25) is 0 Å². The zero-order chi connectivity index (χ0) is 21.7. The number of pyridine rings is 1. The molecule has 0 aliphatic carbocycles. The second-order valence-corrected chi connectivity index (χ2v) is 7.87. The lowest BCUT2D eigenvalue weighted by Crippen LogP contribution is -2.30. The lowest BCUT2D eigenvalue weighted by molar-refractivity contribution is -0.139. The average Bonchev–Trinajstić information content (AvgIpc) is 3.01. The van der Waals surface area contributed by atoms with E-state index in [2.05, 4.69) is 18.8 Å². The van der Waals surface area contributed by atoms with Gasteiger partial charge in [-0.25, -0.2) is 0 Å². The normalized spacial score (nSPS) is 18.3. The van der Waals surface area contributed by atoms with Gasteiger partial charge in [-0.3, -0.25) is 14.6 Å². The number of aromatic nitrogens is 1. The lowest BCUT2D eigenvalue weighted by Gasteiger charge is -2.24. The fraction of sp³-hybridized carbons (Fsp3) is 0.375. The molecule has 0 saturated carbocycles. The summed E-state index contributed by atoms with van der Waals surface area (Å²) in [5.74, 6) is -0.504. The number of ether oxygens (including phenoxy) is 1. The van der Waals surface area contributed by atoms with E-state index in [0.29, 0.717) is 35.9 Å². The van der Waals surface area contributed by atoms with Crippen molar-refractivity contribution in [3.63, 3.8) is 0 Å². The van der Waals surface area contributed by atoms with E-state index in [4.69, 9.17) is 4.74 Å². The fourth-order valence-electron chi connectivity index (χ4n) is 3.47. The molecule has 1 N–H and O–H groups in total. The van der Waals surface area contributed by atoms with Crippen molar-refractivity contribution in [1.82, 2.24) is 9.88 Å². The van der Waals surface area contributed by atoms with Crippen LogP contribution in [-0.2, 0) is 9.59 Å². The van der Waals surface area contributed by atoms with Crippen LogP contribution in [-0.4, -0.2) is 39.8 Å². The highest BCUT2D eigenvalue weighted by Crippen LogP contribution is 2.39. The molecule has 3 rings (SSSR count). The van der Waals surface area contributed by atoms with E-state index in [0.717, 1.165) is 12.8 Å². The van der Waals surface area contributed by atoms with Crippen LogP contribution in [0.25, 0.3) is 5.76 Å². The summed E-state index contributed by atoms with van der Waals surface area (Å²) in [5.41, 5.74) is 1.23. The number of aliphatic hydroxyl groups excluding tert-OH is 1. The van der Waals surface area contributed by atoms with Crippen molar-refractivity contribution in [2.45, 2.75) is 39.7 Å². The van der Waals surface area contributed by atoms with Gasteiger partial charge >= 0.3 is 0 Å². The number of rotatable bonds is 8. The fourth-order valence-corrected chi connectivity index (χ4v) is 3.47. The molecule has 6 heteroatoms. The third-order valence-corrected chi connectivity index (χ3v) is 4.98. The van der Waals surface area contributed by atoms with Crippen molar-refractivity contribution in [2.24, 2.45) is 5.92 Å². The molecule has 1 atom stereocenters. The summed E-state index contributed by atoms with van der Waals surface area (Å²) < 4.78 is 5.75. The zero-order valence-corrected chi connectivity index (χ0v) is 17.7. The van der Waals surface area contributed by atoms with Crippen molar-refractivity contribution in [2.75, 3.05) is 13.2 Å². The Kier molecular flexibility index (Phi) is 6.87. The van der Waals surface area contributed by atoms with Gasteiger partial charge in [0.1, 0.15) is 11.5 Å². The third-order valence-electron chi connectivity index (χ3n) is 4.98. The van der Waals surface area contributed by atoms with Gasteiger partial charge in [0.05, 0.1) is 18.2 Å². The number of unbranched alkanes of at least 4 members (excludes halogenated alkanes) is 1. The molecule has 2 heterocycles. The Labute approximate surface area is 177 Å². The summed E-state index contributed by atoms with van der Waals surface area (Å²) in [6.45, 7) is 7.11. The Morgan fingerprint density at radius 1 is 1.23 bits per heavy atom. The Morgan fingerprint density at radius 3 is 2.70 bits per heavy atom. The second kappa shape index (κ2) is 9.57. The standard InChI is InChI=1S/C24H28N2O4/c1-4-5-12-26-21(18-9-7-11-25-14-18)20(23(28)24(26)29)22(27)17-8-6-10-19(13-17)30-15-16(2)3/h6-11,13-14,16,21,27H,4-5,12,15H2,1-3H3/b22-20-. The van der Waals surface area contributed by atoms with Crippen LogP contribution in [0.15, 0.2) is 54.4 Å². The molecule has 1 aliphatic heterocycles. The minimum absolute atomic E-state index is 0.0881. The van der Waals surface area contributed by atoms with Gasteiger partial charge in [-0.1, -0.05) is 45.4 Å². The zero-order valence-electron chi connectivity index (χ0n) is 17.7. The van der Waals surface area contributed by atoms with Crippen molar-refractivity contribution in [3.8, 4) is 5.75 Å². The Bertz CT molecular complexity index is 937. The summed E-state index contributed by atoms with van der Waals surface area (Å²) >= 11 is 0. The first kappa shape index (κ1) is 21.6. The minimum atomic E-state index is -0.675. The first-order valence-electron chi connectivity index (χ1n) is 10.4. The molecular formula is C24H28N2O4. The molecule has 1 aromatic heterocycles. The Morgan fingerprint density at radius 2 is 2.03 bits per heavy atom. The van der Waals surface area contributed by atoms with Gasteiger partial charge < -0.3 is 14.7 Å². The van der Waals surface area contributed by atoms with Crippen LogP contribution < -0.4 is 4.74 Å². The molecule has 1 unspecified atom stereocenters. The number of Topliss-reactive ketones (excluding diaryl/α,β-unsaturated/α-hetero) is 1. The topological polar surface area (TPSA) is 79.7 Å². The summed E-state index contributed by atoms with van der Waals surface area (Å²) in [5, 5.41) is 11.1. The molecular weight excluding hydrogens is 380 g/mol. The highest BCUT2D eigenvalue weighted by molar-refractivity contribution is 6.46. The first-order chi connectivity index (χ1) is 14.4. The summed E-state index contributed by atoms with van der Waals surface area (Å²) in [4.78, 5) is 31.4. The van der Waals surface area contributed by atoms with Crippen molar-refractivity contribution in [1.29, 1.82) is 0 Å². The predicted molar refractivity (Wildman–Crippen MR) is 115 cm³/mol. The van der Waals surface area contributed by atoms with Gasteiger partial charge in [-0.05, 0) is 36.1 Å². The molecule has 158 valence electrons. The quantitative estimate of drug-likeness (QED) is 0.399. The highest BCUT2D eigenvalue weighted by atomic mass is 16.5. The summed E-state index contributed by atoms with van der Waals surface area (Å²) in [7, 11) is 0. The van der Waals surface area contributed by atoms with Crippen molar-refractivity contribution >= 4 is 17.4 Å². The number of carbonyl (C=O) groups excluding carboxylic acids is 2. The predicted octanol–water partition coefficient (Wildman–Crippen LogP) is 4.34. The van der Waals surface area contributed by atoms with E-state index in [1.165, 1.54) is 4.90 Å². The van der Waals surface area contributed by atoms with Gasteiger partial charge in [0, 0.05) is 24.5 Å². The van der Waals surface area contributed by atoms with Crippen molar-refractivity contribution < 1.29 is 19.4 Å². The van der Waals surface area contributed by atoms with E-state index < -0.39 is 17.7 Å². The molecule has 1 saturated heterocycles. The number of carbonyl (C=O) groups is 2. The molecule has 6 nitrogen and oxygen atoms in total. The molecule has 1 fully saturated rings. The van der Waals surface area contributed by atoms with Crippen LogP contribution in [0.5, 0.6) is 5.75 Å². The molecule has 2 aromatic rings. The molecule has 1 aliphatic rings. The highest BCUT2D eigenvalue weighted by Gasteiger charge is 2.45. The number of aliphatic hydroxyl groups is 1. The van der Waals surface area contributed by atoms with E-state index >= 15 is 0 Å². The maximum absolute atomic E-state index is 12.9. The number of likely N-dealkylation sites (tertiary alicyclic amines) is 1. The number of hydrogen-bond donors (Lipinski definition) is 1. The van der Waals surface area contributed by atoms with E-state index in [9.17, 15) is 14.7 Å². The van der Waals surface area contributed by atoms with Gasteiger partial charge in [0.25, 0.3) is 11.7 Å². The second-order valence-electron chi connectivity index (χ2n) is 7.87. The number of benzene rings is 1.